The Morgan fingerprint density at radius 2 is 0.773 bits per heavy atom. The third kappa shape index (κ3) is 4.59. The molecule has 12 heteroatoms. The van der Waals surface area contributed by atoms with Crippen LogP contribution in [0.3, 0.4) is 0 Å². The molecule has 6 aromatic rings. The van der Waals surface area contributed by atoms with Gasteiger partial charge >= 0.3 is 0 Å². The number of fused-ring (bicyclic) bond motifs is 2. The standard InChI is InChI=1S/C32H32N8S4/c1-15-3-5-17(33-15)19-7-9-21(35-19)23-11-13-25(41-23)27-29-31(39-43-37-29)28(32-30(27)38-44-40-32)26-14-12-24(42-26)22-10-8-20(36-22)18-6-4-16(2)34-18/h3-14,27-40H,1-2H3. The van der Waals surface area contributed by atoms with Gasteiger partial charge in [-0.3, -0.25) is 0 Å². The fourth-order valence-corrected chi connectivity index (χ4v) is 11.3. The first-order valence-electron chi connectivity index (χ1n) is 14.8. The van der Waals surface area contributed by atoms with Crippen molar-refractivity contribution in [3.05, 3.63) is 93.9 Å². The molecule has 0 aromatic carbocycles. The lowest BCUT2D eigenvalue weighted by Crippen LogP contribution is -2.61. The number of hydrogen-bond acceptors (Lipinski definition) is 8. The summed E-state index contributed by atoms with van der Waals surface area (Å²) in [5.74, 6) is 0.667. The zero-order valence-electron chi connectivity index (χ0n) is 24.0. The van der Waals surface area contributed by atoms with Gasteiger partial charge in [-0.15, -0.1) is 22.7 Å². The van der Waals surface area contributed by atoms with Crippen molar-refractivity contribution in [2.45, 2.75) is 49.9 Å². The van der Waals surface area contributed by atoms with Gasteiger partial charge in [0.2, 0.25) is 0 Å². The predicted octanol–water partition coefficient (Wildman–Crippen LogP) is 7.27. The number of aryl methyl sites for hydroxylation is 2. The van der Waals surface area contributed by atoms with E-state index in [1.165, 1.54) is 30.9 Å². The molecule has 9 rings (SSSR count). The second kappa shape index (κ2) is 10.8. The predicted molar refractivity (Wildman–Crippen MR) is 186 cm³/mol. The van der Waals surface area contributed by atoms with E-state index in [-0.39, 0.29) is 0 Å². The third-order valence-electron chi connectivity index (χ3n) is 9.16. The van der Waals surface area contributed by atoms with Gasteiger partial charge < -0.3 is 19.9 Å². The normalized spacial score (nSPS) is 26.3. The fraction of sp³-hybridized carbons (Fsp3) is 0.250. The molecule has 8 nitrogen and oxygen atoms in total. The quantitative estimate of drug-likeness (QED) is 0.0896. The minimum atomic E-state index is 0.297. The molecule has 3 aliphatic rings. The van der Waals surface area contributed by atoms with Crippen LogP contribution in [0.4, 0.5) is 0 Å². The van der Waals surface area contributed by atoms with E-state index in [0.717, 1.165) is 34.2 Å². The highest BCUT2D eigenvalue weighted by Crippen LogP contribution is 2.50. The molecule has 0 bridgehead atoms. The fourth-order valence-electron chi connectivity index (χ4n) is 7.04. The summed E-state index contributed by atoms with van der Waals surface area (Å²) in [5.41, 5.74) is 9.13. The molecule has 3 fully saturated rings. The zero-order chi connectivity index (χ0) is 29.4. The van der Waals surface area contributed by atoms with E-state index in [9.17, 15) is 0 Å². The van der Waals surface area contributed by atoms with E-state index in [1.54, 1.807) is 24.3 Å². The molecule has 8 heterocycles. The summed E-state index contributed by atoms with van der Waals surface area (Å²) in [6, 6.07) is 27.6. The minimum absolute atomic E-state index is 0.297. The highest BCUT2D eigenvalue weighted by molar-refractivity contribution is 7.96. The first-order chi connectivity index (χ1) is 21.6. The van der Waals surface area contributed by atoms with Crippen LogP contribution in [0.1, 0.15) is 33.0 Å². The van der Waals surface area contributed by atoms with Gasteiger partial charge in [0, 0.05) is 81.4 Å². The summed E-state index contributed by atoms with van der Waals surface area (Å²) in [5, 5.41) is 0. The first-order valence-corrected chi connectivity index (χ1v) is 18.1. The lowest BCUT2D eigenvalue weighted by atomic mass is 9.68. The molecule has 0 spiro atoms. The molecule has 2 aliphatic heterocycles. The van der Waals surface area contributed by atoms with Crippen LogP contribution in [-0.2, 0) is 0 Å². The van der Waals surface area contributed by atoms with E-state index >= 15 is 0 Å². The van der Waals surface area contributed by atoms with Crippen LogP contribution < -0.4 is 18.9 Å². The van der Waals surface area contributed by atoms with Crippen molar-refractivity contribution in [1.29, 1.82) is 0 Å². The average molecular weight is 657 g/mol. The van der Waals surface area contributed by atoms with Gasteiger partial charge in [0.25, 0.3) is 0 Å². The largest absolute Gasteiger partial charge is 0.357 e. The topological polar surface area (TPSA) is 111 Å². The summed E-state index contributed by atoms with van der Waals surface area (Å²) in [7, 11) is 0. The summed E-state index contributed by atoms with van der Waals surface area (Å²) in [4.78, 5) is 19.5. The second-order valence-electron chi connectivity index (χ2n) is 11.9. The highest BCUT2D eigenvalue weighted by Gasteiger charge is 2.56. The Balaban J connectivity index is 0.997. The summed E-state index contributed by atoms with van der Waals surface area (Å²) < 4.78 is 15.1. The van der Waals surface area contributed by atoms with Crippen LogP contribution in [0.2, 0.25) is 0 Å². The molecule has 224 valence electrons. The summed E-state index contributed by atoms with van der Waals surface area (Å²) in [6.45, 7) is 4.17. The van der Waals surface area contributed by atoms with Gasteiger partial charge in [-0.1, -0.05) is 0 Å². The summed E-state index contributed by atoms with van der Waals surface area (Å²) >= 11 is 7.12. The molecule has 0 amide bonds. The van der Waals surface area contributed by atoms with Gasteiger partial charge in [0.05, 0.1) is 43.9 Å². The van der Waals surface area contributed by atoms with Crippen molar-refractivity contribution in [3.63, 3.8) is 0 Å². The van der Waals surface area contributed by atoms with E-state index in [1.807, 2.05) is 22.7 Å². The van der Waals surface area contributed by atoms with Crippen molar-refractivity contribution < 1.29 is 0 Å². The molecular weight excluding hydrogens is 625 g/mol. The number of thiophene rings is 2. The second-order valence-corrected chi connectivity index (χ2v) is 15.5. The van der Waals surface area contributed by atoms with Crippen LogP contribution >= 0.6 is 46.9 Å². The zero-order valence-corrected chi connectivity index (χ0v) is 27.3. The third-order valence-corrected chi connectivity index (χ3v) is 13.2. The number of aromatic nitrogens is 4. The molecule has 1 saturated carbocycles. The first kappa shape index (κ1) is 27.4. The Hall–Kier alpha value is -2.94. The number of rotatable bonds is 6. The molecular formula is C32H32N8S4. The lowest BCUT2D eigenvalue weighted by molar-refractivity contribution is 0.227. The van der Waals surface area contributed by atoms with Crippen LogP contribution in [0.5, 0.6) is 0 Å². The highest BCUT2D eigenvalue weighted by atomic mass is 32.2. The molecule has 44 heavy (non-hydrogen) atoms. The van der Waals surface area contributed by atoms with Gasteiger partial charge in [0.1, 0.15) is 0 Å². The maximum atomic E-state index is 3.78. The molecule has 0 radical (unpaired) electrons. The van der Waals surface area contributed by atoms with Crippen molar-refractivity contribution in [1.82, 2.24) is 38.8 Å². The molecule has 6 aromatic heterocycles. The maximum absolute atomic E-state index is 3.78. The lowest BCUT2D eigenvalue weighted by Gasteiger charge is -2.44. The van der Waals surface area contributed by atoms with Gasteiger partial charge in [0.15, 0.2) is 0 Å². The Labute approximate surface area is 272 Å². The molecule has 8 N–H and O–H groups in total. The molecule has 4 unspecified atom stereocenters. The van der Waals surface area contributed by atoms with Crippen molar-refractivity contribution in [3.8, 4) is 43.9 Å². The van der Waals surface area contributed by atoms with E-state index in [0.29, 0.717) is 36.0 Å². The van der Waals surface area contributed by atoms with Gasteiger partial charge in [-0.05, 0) is 86.6 Å². The molecule has 2 saturated heterocycles. The molecule has 1 aliphatic carbocycles. The van der Waals surface area contributed by atoms with Gasteiger partial charge in [-0.25, -0.2) is 18.9 Å². The van der Waals surface area contributed by atoms with Crippen LogP contribution in [0, 0.1) is 13.8 Å². The van der Waals surface area contributed by atoms with Crippen molar-refractivity contribution >= 4 is 46.9 Å². The van der Waals surface area contributed by atoms with Gasteiger partial charge in [-0.2, -0.15) is 0 Å². The number of aromatic amines is 4. The Bertz CT molecular complexity index is 1780. The van der Waals surface area contributed by atoms with E-state index < -0.39 is 0 Å². The number of H-pyrrole nitrogens is 4. The average Bonchev–Trinajstić information content (AvgIpc) is 3.87. The van der Waals surface area contributed by atoms with E-state index in [4.69, 9.17) is 0 Å². The monoisotopic (exact) mass is 656 g/mol. The summed E-state index contributed by atoms with van der Waals surface area (Å²) in [6.07, 6.45) is 0. The molecule has 4 atom stereocenters. The maximum Gasteiger partial charge on any atom is 0.0624 e. The smallest absolute Gasteiger partial charge is 0.0624 e. The van der Waals surface area contributed by atoms with E-state index in [2.05, 4.69) is 125 Å². The number of hydrogen-bond donors (Lipinski definition) is 8. The SMILES string of the molecule is Cc1ccc(-c2ccc(-c3ccc(C4C5NSNC5C(c5ccc(-c6ccc(-c7ccc(C)[nH]7)[nH]6)s5)C5NSNC54)s3)[nH]2)[nH]1. The number of nitrogens with one attached hydrogen (secondary N) is 8. The van der Waals surface area contributed by atoms with Crippen LogP contribution in [0.15, 0.2) is 72.8 Å². The Morgan fingerprint density at radius 3 is 1.16 bits per heavy atom. The minimum Gasteiger partial charge on any atom is -0.357 e. The van der Waals surface area contributed by atoms with Crippen LogP contribution in [-0.4, -0.2) is 44.1 Å². The Morgan fingerprint density at radius 1 is 0.409 bits per heavy atom. The van der Waals surface area contributed by atoms with Crippen molar-refractivity contribution in [2.24, 2.45) is 0 Å². The Kier molecular flexibility index (Phi) is 6.75. The van der Waals surface area contributed by atoms with Crippen LogP contribution in [0.25, 0.3) is 43.9 Å². The van der Waals surface area contributed by atoms with Crippen molar-refractivity contribution in [2.75, 3.05) is 0 Å².